The number of alkyl halides is 4. The van der Waals surface area contributed by atoms with Crippen molar-refractivity contribution in [3.63, 3.8) is 0 Å². The third-order valence-corrected chi connectivity index (χ3v) is 5.03. The Morgan fingerprint density at radius 2 is 0.725 bits per heavy atom. The summed E-state index contributed by atoms with van der Waals surface area (Å²) < 4.78 is 76.4. The highest BCUT2D eigenvalue weighted by Gasteiger charge is 2.67. The predicted octanol–water partition coefficient (Wildman–Crippen LogP) is 2.68. The summed E-state index contributed by atoms with van der Waals surface area (Å²) in [5, 5.41) is 2.84. The second-order valence-electron chi connectivity index (χ2n) is 7.62. The molecule has 16 heteroatoms. The van der Waals surface area contributed by atoms with E-state index < -0.39 is 81.2 Å². The Labute approximate surface area is 222 Å². The third kappa shape index (κ3) is 6.51. The Morgan fingerprint density at radius 1 is 0.500 bits per heavy atom. The molecule has 0 atom stereocenters. The molecule has 0 unspecified atom stereocenters. The normalized spacial score (nSPS) is 11.1. The van der Waals surface area contributed by atoms with Gasteiger partial charge in [0.25, 0.3) is 0 Å². The van der Waals surface area contributed by atoms with Gasteiger partial charge < -0.3 is 29.6 Å². The number of hydrogen-bond donors (Lipinski definition) is 2. The Morgan fingerprint density at radius 3 is 0.925 bits per heavy atom. The molecule has 0 radical (unpaired) electrons. The summed E-state index contributed by atoms with van der Waals surface area (Å²) in [5.41, 5.74) is -3.14. The largest absolute Gasteiger partial charge is 0.465 e. The molecule has 2 aromatic rings. The molecular formula is C24H20F4N2O10. The smallest absolute Gasteiger partial charge is 0.396 e. The number of carbonyl (C=O) groups excluding carboxylic acids is 6. The first-order valence-electron chi connectivity index (χ1n) is 10.6. The lowest BCUT2D eigenvalue weighted by Gasteiger charge is -2.25. The number of nitrogens with one attached hydrogen (secondary N) is 2. The van der Waals surface area contributed by atoms with Crippen molar-refractivity contribution in [2.75, 3.05) is 39.1 Å². The van der Waals surface area contributed by atoms with Crippen LogP contribution in [0.5, 0.6) is 0 Å². The van der Waals surface area contributed by atoms with E-state index in [1.165, 1.54) is 10.6 Å². The van der Waals surface area contributed by atoms with Gasteiger partial charge >= 0.3 is 47.5 Å². The zero-order valence-electron chi connectivity index (χ0n) is 21.1. The van der Waals surface area contributed by atoms with Crippen LogP contribution in [0, 0.1) is 0 Å². The van der Waals surface area contributed by atoms with Gasteiger partial charge in [0.15, 0.2) is 0 Å². The molecule has 0 heterocycles. The van der Waals surface area contributed by atoms with Crippen molar-refractivity contribution in [3.05, 3.63) is 58.7 Å². The highest BCUT2D eigenvalue weighted by Crippen LogP contribution is 2.37. The van der Waals surface area contributed by atoms with Gasteiger partial charge in [0, 0.05) is 11.4 Å². The van der Waals surface area contributed by atoms with Crippen LogP contribution in [0.2, 0.25) is 0 Å². The van der Waals surface area contributed by atoms with Gasteiger partial charge in [-0.1, -0.05) is 0 Å². The first-order valence-corrected chi connectivity index (χ1v) is 10.6. The maximum absolute atomic E-state index is 14.7. The maximum Gasteiger partial charge on any atom is 0.396 e. The molecular weight excluding hydrogens is 552 g/mol. The summed E-state index contributed by atoms with van der Waals surface area (Å²) >= 11 is 0. The molecule has 40 heavy (non-hydrogen) atoms. The summed E-state index contributed by atoms with van der Waals surface area (Å²) in [6, 6.07) is 4.85. The van der Waals surface area contributed by atoms with Gasteiger partial charge in [0.2, 0.25) is 0 Å². The molecule has 0 bridgehead atoms. The van der Waals surface area contributed by atoms with Crippen molar-refractivity contribution < 1.29 is 65.3 Å². The molecule has 0 saturated heterocycles. The fourth-order valence-electron chi connectivity index (χ4n) is 3.05. The molecule has 12 nitrogen and oxygen atoms in total. The van der Waals surface area contributed by atoms with E-state index in [0.717, 1.165) is 64.8 Å². The van der Waals surface area contributed by atoms with E-state index in [0.29, 0.717) is 0 Å². The van der Waals surface area contributed by atoms with Crippen LogP contribution in [0.4, 0.5) is 28.9 Å². The zero-order valence-corrected chi connectivity index (χ0v) is 21.1. The predicted molar refractivity (Wildman–Crippen MR) is 125 cm³/mol. The summed E-state index contributed by atoms with van der Waals surface area (Å²) in [6.45, 7) is 0. The minimum atomic E-state index is -5.71. The number of hydrogen-bond acceptors (Lipinski definition) is 10. The van der Waals surface area contributed by atoms with Crippen LogP contribution >= 0.6 is 0 Å². The number of anilines is 2. The number of esters is 4. The minimum Gasteiger partial charge on any atom is -0.465 e. The number of carbonyl (C=O) groups is 6. The lowest BCUT2D eigenvalue weighted by atomic mass is 10.1. The van der Waals surface area contributed by atoms with Crippen LogP contribution in [-0.2, 0) is 28.5 Å². The Balaban J connectivity index is 2.40. The van der Waals surface area contributed by atoms with Crippen LogP contribution in [-0.4, -0.2) is 76.0 Å². The van der Waals surface area contributed by atoms with Gasteiger partial charge in [-0.2, -0.15) is 17.6 Å². The van der Waals surface area contributed by atoms with E-state index in [-0.39, 0.29) is 0 Å². The third-order valence-electron chi connectivity index (χ3n) is 5.03. The first-order chi connectivity index (χ1) is 18.6. The second kappa shape index (κ2) is 12.2. The molecule has 0 spiro atoms. The highest BCUT2D eigenvalue weighted by atomic mass is 19.3. The van der Waals surface area contributed by atoms with Crippen molar-refractivity contribution in [1.29, 1.82) is 0 Å². The minimum absolute atomic E-state index is 0.430. The van der Waals surface area contributed by atoms with Gasteiger partial charge in [-0.15, -0.1) is 0 Å². The van der Waals surface area contributed by atoms with Crippen LogP contribution in [0.3, 0.4) is 0 Å². The summed E-state index contributed by atoms with van der Waals surface area (Å²) in [5.74, 6) is -21.1. The SMILES string of the molecule is COC(=O)c1cc(NC(=O)C(F)(F)C(F)(F)C(=O)Nc2cc(C(=O)OC)cc(C(=O)OC)c2)cc(C(=O)OC)c1. The lowest BCUT2D eigenvalue weighted by Crippen LogP contribution is -2.56. The van der Waals surface area contributed by atoms with Crippen LogP contribution in [0.25, 0.3) is 0 Å². The number of rotatable bonds is 9. The average molecular weight is 572 g/mol. The van der Waals surface area contributed by atoms with Crippen LogP contribution < -0.4 is 10.6 Å². The topological polar surface area (TPSA) is 163 Å². The molecule has 2 amide bonds. The standard InChI is InChI=1S/C24H20F4N2O10/c1-37-17(31)11-5-12(18(32)38-2)8-15(7-11)29-21(35)23(25,26)24(27,28)22(36)30-16-9-13(19(33)39-3)6-14(10-16)20(34)40-4/h5-10H,1-4H3,(H,29,35)(H,30,36). The van der Waals surface area contributed by atoms with E-state index in [4.69, 9.17) is 0 Å². The molecule has 214 valence electrons. The molecule has 0 aromatic heterocycles. The van der Waals surface area contributed by atoms with Crippen molar-refractivity contribution in [1.82, 2.24) is 0 Å². The van der Waals surface area contributed by atoms with Crippen molar-refractivity contribution >= 4 is 47.1 Å². The number of methoxy groups -OCH3 is 4. The van der Waals surface area contributed by atoms with Gasteiger partial charge in [-0.05, 0) is 36.4 Å². The van der Waals surface area contributed by atoms with Gasteiger partial charge in [-0.25, -0.2) is 19.2 Å². The monoisotopic (exact) mass is 572 g/mol. The molecule has 0 aliphatic rings. The van der Waals surface area contributed by atoms with E-state index in [9.17, 15) is 46.3 Å². The number of ether oxygens (including phenoxy) is 4. The Kier molecular flexibility index (Phi) is 9.54. The second-order valence-corrected chi connectivity index (χ2v) is 7.62. The number of benzene rings is 2. The van der Waals surface area contributed by atoms with Crippen molar-refractivity contribution in [2.24, 2.45) is 0 Å². The van der Waals surface area contributed by atoms with Crippen LogP contribution in [0.1, 0.15) is 41.4 Å². The lowest BCUT2D eigenvalue weighted by molar-refractivity contribution is -0.204. The molecule has 2 aromatic carbocycles. The van der Waals surface area contributed by atoms with Crippen molar-refractivity contribution in [3.8, 4) is 0 Å². The van der Waals surface area contributed by atoms with Gasteiger partial charge in [0.1, 0.15) is 0 Å². The van der Waals surface area contributed by atoms with E-state index >= 15 is 0 Å². The molecule has 2 rings (SSSR count). The quantitative estimate of drug-likeness (QED) is 0.259. The average Bonchev–Trinajstić information content (AvgIpc) is 2.94. The fraction of sp³-hybridized carbons (Fsp3) is 0.250. The number of halogens is 4. The summed E-state index contributed by atoms with van der Waals surface area (Å²) in [7, 11) is 3.81. The molecule has 2 N–H and O–H groups in total. The highest BCUT2D eigenvalue weighted by molar-refractivity contribution is 6.07. The zero-order chi connectivity index (χ0) is 30.4. The molecule has 0 aliphatic heterocycles. The Bertz CT molecular complexity index is 1210. The van der Waals surface area contributed by atoms with Crippen LogP contribution in [0.15, 0.2) is 36.4 Å². The molecule has 0 saturated carbocycles. The number of amides is 2. The van der Waals surface area contributed by atoms with Crippen molar-refractivity contribution in [2.45, 2.75) is 11.8 Å². The van der Waals surface area contributed by atoms with E-state index in [1.54, 1.807) is 0 Å². The first kappa shape index (κ1) is 31.2. The summed E-state index contributed by atoms with van der Waals surface area (Å²) in [6.07, 6.45) is 0. The van der Waals surface area contributed by atoms with Gasteiger partial charge in [-0.3, -0.25) is 9.59 Å². The maximum atomic E-state index is 14.7. The Hall–Kier alpha value is -5.02. The van der Waals surface area contributed by atoms with Gasteiger partial charge in [0.05, 0.1) is 50.7 Å². The molecule has 0 fully saturated rings. The van der Waals surface area contributed by atoms with E-state index in [2.05, 4.69) is 18.9 Å². The summed E-state index contributed by atoms with van der Waals surface area (Å²) in [4.78, 5) is 71.8. The fourth-order valence-corrected chi connectivity index (χ4v) is 3.05. The molecule has 0 aliphatic carbocycles. The van der Waals surface area contributed by atoms with E-state index in [1.807, 2.05) is 0 Å².